The number of carbonyl (C=O) groups excluding carboxylic acids is 1. The van der Waals surface area contributed by atoms with E-state index in [1.165, 1.54) is 4.68 Å². The summed E-state index contributed by atoms with van der Waals surface area (Å²) in [7, 11) is 0. The average molecular weight is 463 g/mol. The van der Waals surface area contributed by atoms with E-state index in [2.05, 4.69) is 15.4 Å². The first-order chi connectivity index (χ1) is 15.9. The number of H-pyrrole nitrogens is 1. The van der Waals surface area contributed by atoms with Crippen molar-refractivity contribution in [2.75, 3.05) is 0 Å². The summed E-state index contributed by atoms with van der Waals surface area (Å²) in [6.45, 7) is 0. The number of aromatic amines is 1. The normalized spacial score (nSPS) is 11.7. The molecule has 0 aliphatic rings. The number of benzene rings is 2. The van der Waals surface area contributed by atoms with Crippen LogP contribution in [0.5, 0.6) is 0 Å². The molecule has 0 saturated carbocycles. The lowest BCUT2D eigenvalue weighted by atomic mass is 10.0. The Kier molecular flexibility index (Phi) is 6.37. The molecule has 3 N–H and O–H groups in total. The zero-order chi connectivity index (χ0) is 23.4. The van der Waals surface area contributed by atoms with Crippen LogP contribution >= 0.6 is 11.6 Å². The van der Waals surface area contributed by atoms with Crippen molar-refractivity contribution in [2.45, 2.75) is 12.5 Å². The van der Waals surface area contributed by atoms with E-state index >= 15 is 0 Å². The molecular formula is C24H19ClN4O4. The minimum atomic E-state index is -1.07. The Morgan fingerprint density at radius 2 is 1.79 bits per heavy atom. The highest BCUT2D eigenvalue weighted by molar-refractivity contribution is 6.30. The smallest absolute Gasteiger partial charge is 0.305 e. The topological polar surface area (TPSA) is 117 Å². The van der Waals surface area contributed by atoms with Crippen LogP contribution < -0.4 is 10.9 Å². The number of amides is 1. The van der Waals surface area contributed by atoms with E-state index in [-0.39, 0.29) is 12.1 Å². The van der Waals surface area contributed by atoms with E-state index in [0.717, 1.165) is 17.3 Å². The average Bonchev–Trinajstić information content (AvgIpc) is 3.21. The van der Waals surface area contributed by atoms with Crippen molar-refractivity contribution < 1.29 is 14.7 Å². The van der Waals surface area contributed by atoms with Gasteiger partial charge in [-0.15, -0.1) is 0 Å². The van der Waals surface area contributed by atoms with Crippen LogP contribution in [0.2, 0.25) is 5.02 Å². The predicted molar refractivity (Wildman–Crippen MR) is 124 cm³/mol. The first kappa shape index (κ1) is 22.0. The van der Waals surface area contributed by atoms with Crippen molar-refractivity contribution in [3.05, 3.63) is 106 Å². The van der Waals surface area contributed by atoms with Crippen molar-refractivity contribution in [3.8, 4) is 16.9 Å². The van der Waals surface area contributed by atoms with Crippen LogP contribution in [0.1, 0.15) is 28.5 Å². The van der Waals surface area contributed by atoms with Crippen LogP contribution in [0.4, 0.5) is 0 Å². The Morgan fingerprint density at radius 3 is 2.42 bits per heavy atom. The monoisotopic (exact) mass is 462 g/mol. The Bertz CT molecular complexity index is 1330. The summed E-state index contributed by atoms with van der Waals surface area (Å²) in [6.07, 6.45) is 1.37. The number of nitrogens with zero attached hydrogens (tertiary/aromatic N) is 2. The van der Waals surface area contributed by atoms with Crippen LogP contribution in [0.15, 0.2) is 83.8 Å². The zero-order valence-corrected chi connectivity index (χ0v) is 18.0. The molecule has 33 heavy (non-hydrogen) atoms. The summed E-state index contributed by atoms with van der Waals surface area (Å²) < 4.78 is 1.21. The van der Waals surface area contributed by atoms with Gasteiger partial charge in [-0.1, -0.05) is 41.9 Å². The van der Waals surface area contributed by atoms with E-state index in [9.17, 15) is 19.5 Å². The molecule has 9 heteroatoms. The van der Waals surface area contributed by atoms with Gasteiger partial charge in [0.2, 0.25) is 0 Å². The quantitative estimate of drug-likeness (QED) is 0.386. The molecule has 0 aliphatic heterocycles. The maximum Gasteiger partial charge on any atom is 0.305 e. The standard InChI is InChI=1S/C24H19ClN4O4/c25-17-8-10-18(11-9-17)29-22(30)13-21(28-29)24(33)27-20(14-23(31)32)16-6-4-15(5-7-16)19-3-1-2-12-26-19/h1-13,20,28H,14H2,(H,27,33)(H,31,32). The van der Waals surface area contributed by atoms with Crippen LogP contribution in [0, 0.1) is 0 Å². The van der Waals surface area contributed by atoms with E-state index in [4.69, 9.17) is 11.6 Å². The number of aliphatic carboxylic acids is 1. The number of aromatic nitrogens is 3. The number of halogens is 1. The van der Waals surface area contributed by atoms with Gasteiger partial charge >= 0.3 is 5.97 Å². The molecule has 4 aromatic rings. The van der Waals surface area contributed by atoms with Gasteiger partial charge in [0.25, 0.3) is 11.5 Å². The van der Waals surface area contributed by atoms with Gasteiger partial charge in [-0.2, -0.15) is 0 Å². The highest BCUT2D eigenvalue weighted by Gasteiger charge is 2.21. The van der Waals surface area contributed by atoms with Crippen molar-refractivity contribution in [1.29, 1.82) is 0 Å². The lowest BCUT2D eigenvalue weighted by Gasteiger charge is -2.17. The van der Waals surface area contributed by atoms with Gasteiger partial charge in [0.15, 0.2) is 0 Å². The maximum absolute atomic E-state index is 12.8. The molecule has 0 radical (unpaired) electrons. The van der Waals surface area contributed by atoms with Gasteiger partial charge in [0.05, 0.1) is 23.8 Å². The fourth-order valence-electron chi connectivity index (χ4n) is 3.38. The number of carboxylic acid groups (broad SMARTS) is 1. The number of carboxylic acids is 1. The molecule has 2 heterocycles. The summed E-state index contributed by atoms with van der Waals surface area (Å²) in [5.74, 6) is -1.67. The first-order valence-corrected chi connectivity index (χ1v) is 10.4. The molecule has 0 aliphatic carbocycles. The molecule has 0 bridgehead atoms. The summed E-state index contributed by atoms with van der Waals surface area (Å²) in [4.78, 5) is 40.9. The lowest BCUT2D eigenvalue weighted by Crippen LogP contribution is -2.30. The van der Waals surface area contributed by atoms with Gasteiger partial charge in [-0.25, -0.2) is 4.68 Å². The number of hydrogen-bond acceptors (Lipinski definition) is 4. The van der Waals surface area contributed by atoms with Crippen LogP contribution in [0.25, 0.3) is 16.9 Å². The predicted octanol–water partition coefficient (Wildman–Crippen LogP) is 3.83. The maximum atomic E-state index is 12.8. The number of rotatable bonds is 7. The molecule has 0 saturated heterocycles. The van der Waals surface area contributed by atoms with Crippen molar-refractivity contribution in [1.82, 2.24) is 20.1 Å². The molecule has 1 atom stereocenters. The van der Waals surface area contributed by atoms with Crippen molar-refractivity contribution in [3.63, 3.8) is 0 Å². The molecule has 1 amide bonds. The van der Waals surface area contributed by atoms with Crippen molar-refractivity contribution >= 4 is 23.5 Å². The minimum Gasteiger partial charge on any atom is -0.481 e. The molecule has 2 aromatic heterocycles. The van der Waals surface area contributed by atoms with E-state index in [0.29, 0.717) is 16.3 Å². The highest BCUT2D eigenvalue weighted by Crippen LogP contribution is 2.22. The fraction of sp³-hybridized carbons (Fsp3) is 0.0833. The first-order valence-electron chi connectivity index (χ1n) is 10.0. The Balaban J connectivity index is 1.56. The Morgan fingerprint density at radius 1 is 1.06 bits per heavy atom. The van der Waals surface area contributed by atoms with E-state index in [1.54, 1.807) is 42.6 Å². The summed E-state index contributed by atoms with van der Waals surface area (Å²) in [5, 5.41) is 15.3. The Hall–Kier alpha value is -4.17. The lowest BCUT2D eigenvalue weighted by molar-refractivity contribution is -0.137. The highest BCUT2D eigenvalue weighted by atomic mass is 35.5. The minimum absolute atomic E-state index is 0.00967. The second kappa shape index (κ2) is 9.54. The van der Waals surface area contributed by atoms with Gasteiger partial charge in [-0.3, -0.25) is 24.5 Å². The van der Waals surface area contributed by atoms with Gasteiger partial charge in [0, 0.05) is 22.8 Å². The fourth-order valence-corrected chi connectivity index (χ4v) is 3.50. The Labute approximate surface area is 193 Å². The zero-order valence-electron chi connectivity index (χ0n) is 17.2. The number of pyridine rings is 1. The molecule has 2 aromatic carbocycles. The molecule has 0 spiro atoms. The van der Waals surface area contributed by atoms with Gasteiger partial charge < -0.3 is 10.4 Å². The van der Waals surface area contributed by atoms with Crippen LogP contribution in [0.3, 0.4) is 0 Å². The molecule has 4 rings (SSSR count). The molecular weight excluding hydrogens is 444 g/mol. The third-order valence-corrected chi connectivity index (χ3v) is 5.26. The second-order valence-electron chi connectivity index (χ2n) is 7.28. The van der Waals surface area contributed by atoms with Crippen LogP contribution in [-0.2, 0) is 4.79 Å². The third-order valence-electron chi connectivity index (χ3n) is 5.01. The van der Waals surface area contributed by atoms with Gasteiger partial charge in [-0.05, 0) is 42.0 Å². The third kappa shape index (κ3) is 5.19. The second-order valence-corrected chi connectivity index (χ2v) is 7.72. The summed E-state index contributed by atoms with van der Waals surface area (Å²) >= 11 is 5.88. The van der Waals surface area contributed by atoms with E-state index < -0.39 is 23.5 Å². The van der Waals surface area contributed by atoms with Gasteiger partial charge in [0.1, 0.15) is 5.69 Å². The number of nitrogens with one attached hydrogen (secondary N) is 2. The summed E-state index contributed by atoms with van der Waals surface area (Å²) in [6, 6.07) is 19.6. The molecule has 166 valence electrons. The number of hydrogen-bond donors (Lipinski definition) is 3. The van der Waals surface area contributed by atoms with E-state index in [1.807, 2.05) is 30.3 Å². The SMILES string of the molecule is O=C(O)CC(NC(=O)c1cc(=O)n(-c2ccc(Cl)cc2)[nH]1)c1ccc(-c2ccccn2)cc1. The van der Waals surface area contributed by atoms with Crippen LogP contribution in [-0.4, -0.2) is 31.7 Å². The summed E-state index contributed by atoms with van der Waals surface area (Å²) in [5.41, 5.74) is 2.35. The molecule has 0 fully saturated rings. The number of carbonyl (C=O) groups is 2. The largest absolute Gasteiger partial charge is 0.481 e. The molecule has 8 nitrogen and oxygen atoms in total. The molecule has 1 unspecified atom stereocenters. The van der Waals surface area contributed by atoms with Crippen molar-refractivity contribution in [2.24, 2.45) is 0 Å².